The van der Waals surface area contributed by atoms with E-state index in [9.17, 15) is 27.7 Å². The summed E-state index contributed by atoms with van der Waals surface area (Å²) in [4.78, 5) is 19.6. The number of aliphatic carboxylic acids is 1. The van der Waals surface area contributed by atoms with E-state index in [2.05, 4.69) is 0 Å². The summed E-state index contributed by atoms with van der Waals surface area (Å²) in [5.74, 6) is -2.70. The number of benzene rings is 1. The SMILES string of the molecule is CC(C)N(CC(=O)O)S(=O)(=O)c1ccc([N+](=O)[O-])cc1F. The third-order valence-electron chi connectivity index (χ3n) is 2.58. The molecule has 0 heterocycles. The number of sulfonamides is 1. The van der Waals surface area contributed by atoms with E-state index in [0.29, 0.717) is 10.4 Å². The van der Waals surface area contributed by atoms with Gasteiger partial charge in [0.05, 0.1) is 11.0 Å². The van der Waals surface area contributed by atoms with Gasteiger partial charge in [0.1, 0.15) is 17.3 Å². The van der Waals surface area contributed by atoms with Crippen LogP contribution in [0.5, 0.6) is 0 Å². The maximum Gasteiger partial charge on any atom is 0.318 e. The number of nitro groups is 1. The lowest BCUT2D eigenvalue weighted by Gasteiger charge is -2.24. The molecule has 0 radical (unpaired) electrons. The number of carboxylic acid groups (broad SMARTS) is 1. The van der Waals surface area contributed by atoms with Crippen molar-refractivity contribution < 1.29 is 27.6 Å². The molecular formula is C11H13FN2O6S. The fourth-order valence-electron chi connectivity index (χ4n) is 1.62. The summed E-state index contributed by atoms with van der Waals surface area (Å²) < 4.78 is 38.9. The van der Waals surface area contributed by atoms with E-state index in [-0.39, 0.29) is 0 Å². The van der Waals surface area contributed by atoms with E-state index in [1.165, 1.54) is 13.8 Å². The molecule has 0 unspecified atom stereocenters. The van der Waals surface area contributed by atoms with Crippen molar-refractivity contribution in [2.24, 2.45) is 0 Å². The number of carboxylic acids is 1. The molecule has 0 aliphatic carbocycles. The average molecular weight is 320 g/mol. The Morgan fingerprint density at radius 2 is 2.05 bits per heavy atom. The van der Waals surface area contributed by atoms with Crippen molar-refractivity contribution in [3.05, 3.63) is 34.1 Å². The lowest BCUT2D eigenvalue weighted by Crippen LogP contribution is -2.40. The molecule has 1 rings (SSSR count). The van der Waals surface area contributed by atoms with Crippen LogP contribution in [-0.2, 0) is 14.8 Å². The molecule has 0 atom stereocenters. The molecule has 0 bridgehead atoms. The molecule has 0 saturated carbocycles. The number of nitro benzene ring substituents is 1. The molecule has 0 amide bonds. The second-order valence-electron chi connectivity index (χ2n) is 4.41. The van der Waals surface area contributed by atoms with Gasteiger partial charge in [-0.25, -0.2) is 12.8 Å². The van der Waals surface area contributed by atoms with Crippen LogP contribution < -0.4 is 0 Å². The molecule has 0 aromatic heterocycles. The first-order chi connectivity index (χ1) is 9.57. The zero-order valence-corrected chi connectivity index (χ0v) is 12.0. The predicted molar refractivity (Wildman–Crippen MR) is 69.7 cm³/mol. The second kappa shape index (κ2) is 6.14. The van der Waals surface area contributed by atoms with E-state index < -0.39 is 49.9 Å². The van der Waals surface area contributed by atoms with Crippen LogP contribution in [0.4, 0.5) is 10.1 Å². The quantitative estimate of drug-likeness (QED) is 0.622. The molecule has 0 aliphatic heterocycles. The Morgan fingerprint density at radius 1 is 1.48 bits per heavy atom. The first kappa shape index (κ1) is 17.0. The maximum absolute atomic E-state index is 13.8. The predicted octanol–water partition coefficient (Wildman–Crippen LogP) is 1.22. The van der Waals surface area contributed by atoms with Crippen LogP contribution in [-0.4, -0.2) is 41.3 Å². The number of carbonyl (C=O) groups is 1. The molecule has 21 heavy (non-hydrogen) atoms. The summed E-state index contributed by atoms with van der Waals surface area (Å²) >= 11 is 0. The topological polar surface area (TPSA) is 118 Å². The Labute approximate surface area is 120 Å². The van der Waals surface area contributed by atoms with Gasteiger partial charge in [0.15, 0.2) is 0 Å². The van der Waals surface area contributed by atoms with E-state index in [1.54, 1.807) is 0 Å². The number of non-ortho nitro benzene ring substituents is 1. The zero-order chi connectivity index (χ0) is 16.4. The largest absolute Gasteiger partial charge is 0.480 e. The molecule has 0 fully saturated rings. The van der Waals surface area contributed by atoms with Crippen molar-refractivity contribution in [3.63, 3.8) is 0 Å². The van der Waals surface area contributed by atoms with Gasteiger partial charge < -0.3 is 5.11 Å². The van der Waals surface area contributed by atoms with Crippen LogP contribution in [0.3, 0.4) is 0 Å². The van der Waals surface area contributed by atoms with E-state index in [4.69, 9.17) is 5.11 Å². The van der Waals surface area contributed by atoms with Crippen molar-refractivity contribution in [1.82, 2.24) is 4.31 Å². The van der Waals surface area contributed by atoms with Crippen LogP contribution in [0.25, 0.3) is 0 Å². The van der Waals surface area contributed by atoms with Crippen LogP contribution in [0.2, 0.25) is 0 Å². The van der Waals surface area contributed by atoms with Gasteiger partial charge in [0, 0.05) is 12.1 Å². The summed E-state index contributed by atoms with van der Waals surface area (Å²) in [5, 5.41) is 19.2. The fraction of sp³-hybridized carbons (Fsp3) is 0.364. The maximum atomic E-state index is 13.8. The smallest absolute Gasteiger partial charge is 0.318 e. The van der Waals surface area contributed by atoms with Gasteiger partial charge in [-0.3, -0.25) is 14.9 Å². The highest BCUT2D eigenvalue weighted by molar-refractivity contribution is 7.89. The van der Waals surface area contributed by atoms with Crippen molar-refractivity contribution in [2.45, 2.75) is 24.8 Å². The number of rotatable bonds is 6. The summed E-state index contributed by atoms with van der Waals surface area (Å²) in [6.07, 6.45) is 0. The lowest BCUT2D eigenvalue weighted by atomic mass is 10.3. The average Bonchev–Trinajstić information content (AvgIpc) is 2.34. The van der Waals surface area contributed by atoms with Crippen molar-refractivity contribution in [2.75, 3.05) is 6.54 Å². The molecule has 8 nitrogen and oxygen atoms in total. The Bertz CT molecular complexity index is 673. The van der Waals surface area contributed by atoms with Crippen LogP contribution in [0.1, 0.15) is 13.8 Å². The van der Waals surface area contributed by atoms with E-state index >= 15 is 0 Å². The van der Waals surface area contributed by atoms with Crippen LogP contribution in [0.15, 0.2) is 23.1 Å². The van der Waals surface area contributed by atoms with Gasteiger partial charge in [-0.2, -0.15) is 4.31 Å². The summed E-state index contributed by atoms with van der Waals surface area (Å²) in [5.41, 5.74) is -0.596. The van der Waals surface area contributed by atoms with Crippen LogP contribution >= 0.6 is 0 Å². The lowest BCUT2D eigenvalue weighted by molar-refractivity contribution is -0.385. The highest BCUT2D eigenvalue weighted by Gasteiger charge is 2.32. The third-order valence-corrected chi connectivity index (χ3v) is 4.64. The van der Waals surface area contributed by atoms with Crippen molar-refractivity contribution >= 4 is 21.7 Å². The summed E-state index contributed by atoms with van der Waals surface area (Å²) in [7, 11) is -4.41. The molecular weight excluding hydrogens is 307 g/mol. The van der Waals surface area contributed by atoms with Gasteiger partial charge in [0.25, 0.3) is 5.69 Å². The molecule has 1 N–H and O–H groups in total. The van der Waals surface area contributed by atoms with Gasteiger partial charge in [-0.05, 0) is 19.9 Å². The zero-order valence-electron chi connectivity index (χ0n) is 11.2. The Kier molecular flexibility index (Phi) is 4.97. The first-order valence-corrected chi connectivity index (χ1v) is 7.19. The van der Waals surface area contributed by atoms with Crippen molar-refractivity contribution in [3.8, 4) is 0 Å². The standard InChI is InChI=1S/C11H13FN2O6S/c1-7(2)13(6-11(15)16)21(19,20)10-4-3-8(14(17)18)5-9(10)12/h3-5,7H,6H2,1-2H3,(H,15,16). The Balaban J connectivity index is 3.35. The Hall–Kier alpha value is -2.07. The molecule has 116 valence electrons. The minimum Gasteiger partial charge on any atom is -0.480 e. The minimum atomic E-state index is -4.41. The molecule has 0 aliphatic rings. The number of hydrogen-bond donors (Lipinski definition) is 1. The van der Waals surface area contributed by atoms with Gasteiger partial charge >= 0.3 is 5.97 Å². The molecule has 1 aromatic rings. The van der Waals surface area contributed by atoms with Crippen molar-refractivity contribution in [1.29, 1.82) is 0 Å². The normalized spacial score (nSPS) is 11.9. The van der Waals surface area contributed by atoms with Crippen LogP contribution in [0, 0.1) is 15.9 Å². The number of hydrogen-bond acceptors (Lipinski definition) is 5. The monoisotopic (exact) mass is 320 g/mol. The number of nitrogens with zero attached hydrogens (tertiary/aromatic N) is 2. The van der Waals surface area contributed by atoms with Gasteiger partial charge in [0.2, 0.25) is 10.0 Å². The minimum absolute atomic E-state index is 0.478. The van der Waals surface area contributed by atoms with E-state index in [0.717, 1.165) is 12.1 Å². The van der Waals surface area contributed by atoms with E-state index in [1.807, 2.05) is 0 Å². The molecule has 1 aromatic carbocycles. The fourth-order valence-corrected chi connectivity index (χ4v) is 3.25. The highest BCUT2D eigenvalue weighted by atomic mass is 32.2. The Morgan fingerprint density at radius 3 is 2.43 bits per heavy atom. The molecule has 10 heteroatoms. The summed E-state index contributed by atoms with van der Waals surface area (Å²) in [6, 6.07) is 1.35. The van der Waals surface area contributed by atoms with Gasteiger partial charge in [-0.15, -0.1) is 0 Å². The summed E-state index contributed by atoms with van der Waals surface area (Å²) in [6.45, 7) is 2.03. The second-order valence-corrected chi connectivity index (χ2v) is 6.27. The molecule has 0 spiro atoms. The number of halogens is 1. The third kappa shape index (κ3) is 3.73. The van der Waals surface area contributed by atoms with Gasteiger partial charge in [-0.1, -0.05) is 0 Å². The first-order valence-electron chi connectivity index (χ1n) is 5.75. The molecule has 0 saturated heterocycles. The highest BCUT2D eigenvalue weighted by Crippen LogP contribution is 2.24.